The third-order valence-corrected chi connectivity index (χ3v) is 5.68. The van der Waals surface area contributed by atoms with Crippen LogP contribution in [0.1, 0.15) is 38.2 Å². The second-order valence-electron chi connectivity index (χ2n) is 8.48. The molecule has 7 nitrogen and oxygen atoms in total. The average molecular weight is 382 g/mol. The molecule has 1 saturated heterocycles. The van der Waals surface area contributed by atoms with Crippen LogP contribution in [0.4, 0.5) is 0 Å². The Hall–Kier alpha value is -2.67. The lowest BCUT2D eigenvalue weighted by Crippen LogP contribution is -2.46. The van der Waals surface area contributed by atoms with Crippen LogP contribution >= 0.6 is 0 Å². The molecular weight excluding hydrogens is 356 g/mol. The molecule has 1 aliphatic carbocycles. The van der Waals surface area contributed by atoms with Crippen LogP contribution in [0.15, 0.2) is 47.3 Å². The van der Waals surface area contributed by atoms with Gasteiger partial charge in [0.05, 0.1) is 11.5 Å². The van der Waals surface area contributed by atoms with Gasteiger partial charge < -0.3 is 20.6 Å². The van der Waals surface area contributed by atoms with E-state index in [1.54, 1.807) is 23.4 Å². The van der Waals surface area contributed by atoms with Crippen LogP contribution in [0.2, 0.25) is 0 Å². The van der Waals surface area contributed by atoms with E-state index in [2.05, 4.69) is 15.6 Å². The summed E-state index contributed by atoms with van der Waals surface area (Å²) in [6, 6.07) is 3.65. The van der Waals surface area contributed by atoms with Crippen molar-refractivity contribution in [1.82, 2.24) is 20.5 Å². The molecule has 1 atom stereocenters. The van der Waals surface area contributed by atoms with Gasteiger partial charge in [-0.3, -0.25) is 14.6 Å². The zero-order chi connectivity index (χ0) is 19.9. The highest BCUT2D eigenvalue weighted by Crippen LogP contribution is 2.46. The Balaban J connectivity index is 1.88. The van der Waals surface area contributed by atoms with Crippen molar-refractivity contribution in [3.8, 4) is 0 Å². The molecule has 3 N–H and O–H groups in total. The minimum absolute atomic E-state index is 0.0192. The fraction of sp³-hybridized carbons (Fsp3) is 0.476. The topological polar surface area (TPSA) is 94.6 Å². The Labute approximate surface area is 164 Å². The number of aliphatic hydroxyl groups is 1. The van der Waals surface area contributed by atoms with Crippen molar-refractivity contribution in [3.63, 3.8) is 0 Å². The van der Waals surface area contributed by atoms with Crippen molar-refractivity contribution in [1.29, 1.82) is 0 Å². The highest BCUT2D eigenvalue weighted by Gasteiger charge is 2.45. The second-order valence-corrected chi connectivity index (χ2v) is 8.48. The lowest BCUT2D eigenvalue weighted by Gasteiger charge is -2.40. The van der Waals surface area contributed by atoms with Gasteiger partial charge in [-0.15, -0.1) is 0 Å². The Morgan fingerprint density at radius 2 is 2.00 bits per heavy atom. The molecule has 1 amide bonds. The lowest BCUT2D eigenvalue weighted by molar-refractivity contribution is -0.120. The van der Waals surface area contributed by atoms with Gasteiger partial charge in [0, 0.05) is 56.3 Å². The van der Waals surface area contributed by atoms with Crippen LogP contribution in [0.5, 0.6) is 0 Å². The van der Waals surface area contributed by atoms with Crippen LogP contribution < -0.4 is 10.6 Å². The van der Waals surface area contributed by atoms with E-state index in [-0.39, 0.29) is 28.6 Å². The zero-order valence-electron chi connectivity index (χ0n) is 16.3. The van der Waals surface area contributed by atoms with E-state index in [4.69, 9.17) is 0 Å². The summed E-state index contributed by atoms with van der Waals surface area (Å²) in [5.41, 5.74) is 2.04. The van der Waals surface area contributed by atoms with Crippen molar-refractivity contribution in [2.75, 3.05) is 26.2 Å². The number of amides is 1. The van der Waals surface area contributed by atoms with Crippen molar-refractivity contribution in [2.24, 2.45) is 5.41 Å². The maximum absolute atomic E-state index is 13.1. The van der Waals surface area contributed by atoms with E-state index in [0.717, 1.165) is 18.7 Å². The first kappa shape index (κ1) is 18.7. The number of hydrogen-bond acceptors (Lipinski definition) is 6. The van der Waals surface area contributed by atoms with E-state index in [1.165, 1.54) is 0 Å². The fourth-order valence-electron chi connectivity index (χ4n) is 4.42. The number of ketones is 1. The molecule has 1 unspecified atom stereocenters. The Morgan fingerprint density at radius 1 is 1.25 bits per heavy atom. The molecule has 0 saturated carbocycles. The molecule has 0 bridgehead atoms. The number of nitrogens with zero attached hydrogens (tertiary/aromatic N) is 2. The van der Waals surface area contributed by atoms with Crippen molar-refractivity contribution >= 4 is 11.7 Å². The lowest BCUT2D eigenvalue weighted by atomic mass is 9.68. The van der Waals surface area contributed by atoms with Crippen LogP contribution in [0.3, 0.4) is 0 Å². The van der Waals surface area contributed by atoms with Crippen molar-refractivity contribution in [2.45, 2.75) is 32.6 Å². The second kappa shape index (κ2) is 7.05. The van der Waals surface area contributed by atoms with Crippen molar-refractivity contribution < 1.29 is 14.7 Å². The monoisotopic (exact) mass is 382 g/mol. The van der Waals surface area contributed by atoms with E-state index in [9.17, 15) is 14.7 Å². The summed E-state index contributed by atoms with van der Waals surface area (Å²) < 4.78 is 0. The van der Waals surface area contributed by atoms with Gasteiger partial charge in [-0.25, -0.2) is 0 Å². The molecular formula is C21H26N4O3. The maximum Gasteiger partial charge on any atom is 0.257 e. The number of Topliss-reactive ketones (excluding diaryl/α,β-unsaturated/α-hetero) is 1. The van der Waals surface area contributed by atoms with E-state index in [1.807, 2.05) is 19.9 Å². The third-order valence-electron chi connectivity index (χ3n) is 5.68. The number of piperazine rings is 1. The number of allylic oxidation sites excluding steroid dienone is 2. The average Bonchev–Trinajstić information content (AvgIpc) is 2.67. The van der Waals surface area contributed by atoms with Gasteiger partial charge in [-0.05, 0) is 23.5 Å². The predicted molar refractivity (Wildman–Crippen MR) is 104 cm³/mol. The van der Waals surface area contributed by atoms with Crippen LogP contribution in [-0.4, -0.2) is 52.9 Å². The van der Waals surface area contributed by atoms with Gasteiger partial charge in [0.2, 0.25) is 0 Å². The minimum atomic E-state index is -0.601. The number of pyridine rings is 1. The fourth-order valence-corrected chi connectivity index (χ4v) is 4.42. The first-order valence-corrected chi connectivity index (χ1v) is 9.74. The summed E-state index contributed by atoms with van der Waals surface area (Å²) in [6.45, 7) is 6.74. The highest BCUT2D eigenvalue weighted by atomic mass is 16.3. The number of carbonyl (C=O) groups is 2. The summed E-state index contributed by atoms with van der Waals surface area (Å²) in [6.07, 6.45) is 4.37. The van der Waals surface area contributed by atoms with Crippen molar-refractivity contribution in [3.05, 3.63) is 52.8 Å². The zero-order valence-corrected chi connectivity index (χ0v) is 16.3. The van der Waals surface area contributed by atoms with Crippen LogP contribution in [0, 0.1) is 5.41 Å². The molecule has 2 aliphatic heterocycles. The number of aliphatic hydroxyl groups excluding tert-OH is 1. The molecule has 4 rings (SSSR count). The van der Waals surface area contributed by atoms with Gasteiger partial charge in [-0.2, -0.15) is 0 Å². The van der Waals surface area contributed by atoms with Crippen LogP contribution in [-0.2, 0) is 9.59 Å². The highest BCUT2D eigenvalue weighted by molar-refractivity contribution is 6.08. The number of rotatable bonds is 2. The van der Waals surface area contributed by atoms with Gasteiger partial charge in [0.15, 0.2) is 11.7 Å². The van der Waals surface area contributed by atoms with E-state index >= 15 is 0 Å². The largest absolute Gasteiger partial charge is 0.494 e. The first-order chi connectivity index (χ1) is 13.4. The van der Waals surface area contributed by atoms with E-state index < -0.39 is 5.92 Å². The quantitative estimate of drug-likeness (QED) is 0.531. The Kier molecular flexibility index (Phi) is 4.71. The SMILES string of the molecule is CC1(C)CC(=O)C2=C(C1)NC(=O)/C(=C(/O)N1CCNCC1)C2c1cccnc1. The molecule has 28 heavy (non-hydrogen) atoms. The van der Waals surface area contributed by atoms with Gasteiger partial charge in [-0.1, -0.05) is 19.9 Å². The predicted octanol–water partition coefficient (Wildman–Crippen LogP) is 1.61. The molecule has 1 aromatic rings. The molecule has 0 radical (unpaired) electrons. The summed E-state index contributed by atoms with van der Waals surface area (Å²) in [5.74, 6) is -0.965. The standard InChI is InChI=1S/C21H26N4O3/c1-21(2)10-14-17(15(26)11-21)16(13-4-3-5-23-12-13)18(19(27)24-14)20(28)25-8-6-22-7-9-25/h3-5,12,16,22,28H,6-11H2,1-2H3,(H,24,27)/b20-18+. The Bertz CT molecular complexity index is 867. The summed E-state index contributed by atoms with van der Waals surface area (Å²) in [5, 5.41) is 17.2. The summed E-state index contributed by atoms with van der Waals surface area (Å²) in [7, 11) is 0. The molecule has 0 spiro atoms. The third kappa shape index (κ3) is 3.30. The minimum Gasteiger partial charge on any atom is -0.494 e. The molecule has 1 fully saturated rings. The van der Waals surface area contributed by atoms with Gasteiger partial charge in [0.1, 0.15) is 0 Å². The molecule has 148 valence electrons. The number of nitrogens with one attached hydrogen (secondary N) is 2. The molecule has 1 aromatic heterocycles. The summed E-state index contributed by atoms with van der Waals surface area (Å²) >= 11 is 0. The molecule has 7 heteroatoms. The molecule has 3 aliphatic rings. The molecule has 3 heterocycles. The summed E-state index contributed by atoms with van der Waals surface area (Å²) in [4.78, 5) is 32.2. The number of carbonyl (C=O) groups excluding carboxylic acids is 2. The molecule has 0 aromatic carbocycles. The first-order valence-electron chi connectivity index (χ1n) is 9.74. The van der Waals surface area contributed by atoms with E-state index in [0.29, 0.717) is 37.2 Å². The van der Waals surface area contributed by atoms with Gasteiger partial charge in [0.25, 0.3) is 5.91 Å². The number of aromatic nitrogens is 1. The smallest absolute Gasteiger partial charge is 0.257 e. The van der Waals surface area contributed by atoms with Gasteiger partial charge >= 0.3 is 0 Å². The number of hydrogen-bond donors (Lipinski definition) is 3. The maximum atomic E-state index is 13.1. The Morgan fingerprint density at radius 3 is 2.68 bits per heavy atom. The van der Waals surface area contributed by atoms with Crippen LogP contribution in [0.25, 0.3) is 0 Å². The normalized spacial score (nSPS) is 26.6.